The third-order valence-electron chi connectivity index (χ3n) is 5.39. The maximum Gasteiger partial charge on any atom is 0.375 e. The van der Waals surface area contributed by atoms with E-state index in [9.17, 15) is 14.4 Å². The normalized spacial score (nSPS) is 15.7. The number of ether oxygens (including phenoxy) is 3. The highest BCUT2D eigenvalue weighted by atomic mass is 16.6. The van der Waals surface area contributed by atoms with Crippen molar-refractivity contribution in [3.63, 3.8) is 0 Å². The molecule has 1 aromatic carbocycles. The van der Waals surface area contributed by atoms with Crippen LogP contribution >= 0.6 is 0 Å². The molecule has 1 aliphatic rings. The lowest BCUT2D eigenvalue weighted by Crippen LogP contribution is -2.45. The maximum atomic E-state index is 12.7. The Morgan fingerprint density at radius 3 is 2.57 bits per heavy atom. The van der Waals surface area contributed by atoms with Gasteiger partial charge in [0.15, 0.2) is 6.10 Å². The van der Waals surface area contributed by atoms with Crippen LogP contribution in [-0.2, 0) is 19.1 Å². The lowest BCUT2D eigenvalue weighted by Gasteiger charge is -2.32. The second-order valence-electron chi connectivity index (χ2n) is 7.32. The zero-order valence-electron chi connectivity index (χ0n) is 17.7. The van der Waals surface area contributed by atoms with Gasteiger partial charge in [0.05, 0.1) is 19.6 Å². The molecule has 162 valence electrons. The van der Waals surface area contributed by atoms with E-state index in [0.717, 1.165) is 5.39 Å². The van der Waals surface area contributed by atoms with E-state index < -0.39 is 12.1 Å². The number of amides is 1. The summed E-state index contributed by atoms with van der Waals surface area (Å²) < 4.78 is 21.3. The van der Waals surface area contributed by atoms with Crippen LogP contribution in [0.15, 0.2) is 22.6 Å². The fraction of sp³-hybridized carbons (Fsp3) is 0.500. The SMILES string of the molecule is CCOC(=O)C1CCN(C(=O)C(C)OC(=O)c2oc3ccc(OC)cc3c2C)CC1. The molecule has 1 fully saturated rings. The van der Waals surface area contributed by atoms with Crippen molar-refractivity contribution in [2.45, 2.75) is 39.7 Å². The monoisotopic (exact) mass is 417 g/mol. The lowest BCUT2D eigenvalue weighted by molar-refractivity contribution is -0.152. The van der Waals surface area contributed by atoms with Gasteiger partial charge in [0, 0.05) is 24.0 Å². The molecule has 0 spiro atoms. The quantitative estimate of drug-likeness (QED) is 0.667. The highest BCUT2D eigenvalue weighted by Gasteiger charge is 2.32. The molecular weight excluding hydrogens is 390 g/mol. The molecule has 8 nitrogen and oxygen atoms in total. The Morgan fingerprint density at radius 1 is 1.23 bits per heavy atom. The smallest absolute Gasteiger partial charge is 0.375 e. The first-order valence-corrected chi connectivity index (χ1v) is 10.1. The number of carbonyl (C=O) groups excluding carboxylic acids is 3. The van der Waals surface area contributed by atoms with E-state index in [1.165, 1.54) is 0 Å². The zero-order chi connectivity index (χ0) is 21.8. The second-order valence-corrected chi connectivity index (χ2v) is 7.32. The largest absolute Gasteiger partial charge is 0.497 e. The van der Waals surface area contributed by atoms with Gasteiger partial charge in [-0.05, 0) is 51.8 Å². The van der Waals surface area contributed by atoms with Gasteiger partial charge in [0.25, 0.3) is 5.91 Å². The summed E-state index contributed by atoms with van der Waals surface area (Å²) in [5.74, 6) is -0.672. The van der Waals surface area contributed by atoms with Crippen LogP contribution < -0.4 is 4.74 Å². The van der Waals surface area contributed by atoms with E-state index in [2.05, 4.69) is 0 Å². The van der Waals surface area contributed by atoms with Gasteiger partial charge in [-0.15, -0.1) is 0 Å². The van der Waals surface area contributed by atoms with Gasteiger partial charge in [-0.2, -0.15) is 0 Å². The van der Waals surface area contributed by atoms with Crippen LogP contribution in [0, 0.1) is 12.8 Å². The molecule has 1 aliphatic heterocycles. The van der Waals surface area contributed by atoms with Crippen LogP contribution in [0.5, 0.6) is 5.75 Å². The van der Waals surface area contributed by atoms with Crippen molar-refractivity contribution in [1.82, 2.24) is 4.90 Å². The van der Waals surface area contributed by atoms with Crippen molar-refractivity contribution in [1.29, 1.82) is 0 Å². The summed E-state index contributed by atoms with van der Waals surface area (Å²) in [5, 5.41) is 0.751. The van der Waals surface area contributed by atoms with Crippen LogP contribution in [0.2, 0.25) is 0 Å². The maximum absolute atomic E-state index is 12.7. The molecule has 0 aliphatic carbocycles. The molecule has 1 atom stereocenters. The minimum absolute atomic E-state index is 0.0684. The first-order valence-electron chi connectivity index (χ1n) is 10.1. The number of methoxy groups -OCH3 is 1. The fourth-order valence-corrected chi connectivity index (χ4v) is 3.64. The van der Waals surface area contributed by atoms with Gasteiger partial charge < -0.3 is 23.5 Å². The first kappa shape index (κ1) is 21.7. The number of hydrogen-bond donors (Lipinski definition) is 0. The van der Waals surface area contributed by atoms with E-state index >= 15 is 0 Å². The van der Waals surface area contributed by atoms with Crippen LogP contribution in [0.25, 0.3) is 11.0 Å². The minimum Gasteiger partial charge on any atom is -0.497 e. The number of likely N-dealkylation sites (tertiary alicyclic amines) is 1. The van der Waals surface area contributed by atoms with Crippen molar-refractivity contribution in [2.75, 3.05) is 26.8 Å². The number of nitrogens with zero attached hydrogens (tertiary/aromatic N) is 1. The van der Waals surface area contributed by atoms with Gasteiger partial charge in [-0.1, -0.05) is 0 Å². The summed E-state index contributed by atoms with van der Waals surface area (Å²) in [4.78, 5) is 38.8. The number of esters is 2. The summed E-state index contributed by atoms with van der Waals surface area (Å²) in [7, 11) is 1.56. The minimum atomic E-state index is -0.959. The summed E-state index contributed by atoms with van der Waals surface area (Å²) in [5.41, 5.74) is 1.17. The molecule has 1 amide bonds. The average Bonchev–Trinajstić information content (AvgIpc) is 3.09. The molecule has 30 heavy (non-hydrogen) atoms. The summed E-state index contributed by atoms with van der Waals surface area (Å²) in [6.07, 6.45) is 0.115. The number of carbonyl (C=O) groups is 3. The number of fused-ring (bicyclic) bond motifs is 1. The van der Waals surface area contributed by atoms with Gasteiger partial charge in [-0.25, -0.2) is 4.79 Å². The molecule has 1 saturated heterocycles. The number of hydrogen-bond acceptors (Lipinski definition) is 7. The Labute approximate surface area is 175 Å². The molecule has 0 N–H and O–H groups in total. The third-order valence-corrected chi connectivity index (χ3v) is 5.39. The van der Waals surface area contributed by atoms with Gasteiger partial charge in [0.1, 0.15) is 11.3 Å². The van der Waals surface area contributed by atoms with Crippen molar-refractivity contribution >= 4 is 28.8 Å². The Bertz CT molecular complexity index is 940. The topological polar surface area (TPSA) is 95.3 Å². The molecule has 2 heterocycles. The van der Waals surface area contributed by atoms with Gasteiger partial charge >= 0.3 is 11.9 Å². The van der Waals surface area contributed by atoms with E-state index in [1.54, 1.807) is 51.0 Å². The standard InChI is InChI=1S/C22H27NO7/c1-5-28-21(25)15-8-10-23(11-9-15)20(24)14(3)29-22(26)19-13(2)17-12-16(27-4)6-7-18(17)30-19/h6-7,12,14-15H,5,8-11H2,1-4H3. The van der Waals surface area contributed by atoms with Crippen LogP contribution in [0.4, 0.5) is 0 Å². The Balaban J connectivity index is 1.62. The molecule has 2 aromatic rings. The molecule has 0 saturated carbocycles. The molecule has 1 unspecified atom stereocenters. The van der Waals surface area contributed by atoms with Gasteiger partial charge in [0.2, 0.25) is 5.76 Å². The van der Waals surface area contributed by atoms with Crippen molar-refractivity contribution in [3.8, 4) is 5.75 Å². The van der Waals surface area contributed by atoms with E-state index in [-0.39, 0.29) is 23.6 Å². The average molecular weight is 417 g/mol. The van der Waals surface area contributed by atoms with E-state index in [0.29, 0.717) is 49.4 Å². The molecule has 1 aromatic heterocycles. The molecule has 0 radical (unpaired) electrons. The number of rotatable bonds is 6. The van der Waals surface area contributed by atoms with Crippen molar-refractivity contribution < 1.29 is 33.0 Å². The predicted molar refractivity (Wildman–Crippen MR) is 108 cm³/mol. The highest BCUT2D eigenvalue weighted by Crippen LogP contribution is 2.29. The van der Waals surface area contributed by atoms with Crippen molar-refractivity contribution in [3.05, 3.63) is 29.5 Å². The molecular formula is C22H27NO7. The van der Waals surface area contributed by atoms with E-state index in [4.69, 9.17) is 18.6 Å². The Hall–Kier alpha value is -3.03. The van der Waals surface area contributed by atoms with Gasteiger partial charge in [-0.3, -0.25) is 9.59 Å². The lowest BCUT2D eigenvalue weighted by atomic mass is 9.97. The number of benzene rings is 1. The number of aryl methyl sites for hydroxylation is 1. The van der Waals surface area contributed by atoms with Crippen molar-refractivity contribution in [2.24, 2.45) is 5.92 Å². The molecule has 8 heteroatoms. The first-order chi connectivity index (χ1) is 14.3. The summed E-state index contributed by atoms with van der Waals surface area (Å²) in [6, 6.07) is 5.25. The van der Waals surface area contributed by atoms with Crippen LogP contribution in [0.3, 0.4) is 0 Å². The van der Waals surface area contributed by atoms with Crippen LogP contribution in [0.1, 0.15) is 42.8 Å². The predicted octanol–water partition coefficient (Wildman–Crippen LogP) is 3.10. The second kappa shape index (κ2) is 9.19. The number of piperidine rings is 1. The zero-order valence-corrected chi connectivity index (χ0v) is 17.7. The van der Waals surface area contributed by atoms with E-state index in [1.807, 2.05) is 0 Å². The molecule has 0 bridgehead atoms. The third kappa shape index (κ3) is 4.42. The number of furan rings is 1. The summed E-state index contributed by atoms with van der Waals surface area (Å²) in [6.45, 7) is 6.26. The Kier molecular flexibility index (Phi) is 6.64. The Morgan fingerprint density at radius 2 is 1.93 bits per heavy atom. The fourth-order valence-electron chi connectivity index (χ4n) is 3.64. The molecule has 3 rings (SSSR count). The summed E-state index contributed by atoms with van der Waals surface area (Å²) >= 11 is 0. The highest BCUT2D eigenvalue weighted by molar-refractivity contribution is 5.97. The van der Waals surface area contributed by atoms with Crippen LogP contribution in [-0.4, -0.2) is 55.7 Å².